The molecule has 1 amide bonds. The number of benzene rings is 1. The molecule has 1 fully saturated rings. The molecule has 0 aliphatic carbocycles. The first-order valence-corrected chi connectivity index (χ1v) is 6.70. The number of carbonyl (C=O) groups is 2. The zero-order valence-electron chi connectivity index (χ0n) is 10.4. The van der Waals surface area contributed by atoms with Crippen molar-refractivity contribution in [1.82, 2.24) is 0 Å². The Morgan fingerprint density at radius 1 is 1.47 bits per heavy atom. The van der Waals surface area contributed by atoms with Crippen molar-refractivity contribution in [3.63, 3.8) is 0 Å². The molecule has 0 bridgehead atoms. The molecule has 5 nitrogen and oxygen atoms in total. The van der Waals surface area contributed by atoms with Gasteiger partial charge in [0.25, 0.3) is 5.91 Å². The molecule has 0 aromatic heterocycles. The first-order valence-electron chi connectivity index (χ1n) is 5.91. The van der Waals surface area contributed by atoms with Crippen LogP contribution in [-0.2, 0) is 9.53 Å². The second-order valence-electron chi connectivity index (χ2n) is 4.64. The summed E-state index contributed by atoms with van der Waals surface area (Å²) < 4.78 is 6.08. The number of hydrogen-bond donors (Lipinski definition) is 2. The number of nitrogens with one attached hydrogen (secondary N) is 1. The van der Waals surface area contributed by atoms with E-state index in [2.05, 4.69) is 21.2 Å². The average molecular weight is 328 g/mol. The Morgan fingerprint density at radius 3 is 2.79 bits per heavy atom. The summed E-state index contributed by atoms with van der Waals surface area (Å²) in [5, 5.41) is 11.7. The molecule has 102 valence electrons. The SMILES string of the molecule is CC1(C(=O)Nc2cc(C(=O)O)ccc2Br)CCCO1. The summed E-state index contributed by atoms with van der Waals surface area (Å²) in [6.45, 7) is 2.31. The highest BCUT2D eigenvalue weighted by Crippen LogP contribution is 2.29. The number of hydrogen-bond acceptors (Lipinski definition) is 3. The van der Waals surface area contributed by atoms with Gasteiger partial charge in [0, 0.05) is 11.1 Å². The van der Waals surface area contributed by atoms with E-state index in [1.54, 1.807) is 13.0 Å². The maximum absolute atomic E-state index is 12.2. The van der Waals surface area contributed by atoms with Crippen LogP contribution in [0.4, 0.5) is 5.69 Å². The molecular formula is C13H14BrNO4. The van der Waals surface area contributed by atoms with E-state index in [1.165, 1.54) is 12.1 Å². The number of carboxylic acid groups (broad SMARTS) is 1. The standard InChI is InChI=1S/C13H14BrNO4/c1-13(5-2-6-19-13)12(18)15-10-7-8(11(16)17)3-4-9(10)14/h3-4,7H,2,5-6H2,1H3,(H,15,18)(H,16,17). The van der Waals surface area contributed by atoms with E-state index >= 15 is 0 Å². The number of carboxylic acids is 1. The predicted molar refractivity (Wildman–Crippen MR) is 73.3 cm³/mol. The van der Waals surface area contributed by atoms with Crippen LogP contribution in [0.3, 0.4) is 0 Å². The van der Waals surface area contributed by atoms with E-state index in [0.29, 0.717) is 23.2 Å². The maximum Gasteiger partial charge on any atom is 0.335 e. The van der Waals surface area contributed by atoms with E-state index in [0.717, 1.165) is 6.42 Å². The lowest BCUT2D eigenvalue weighted by atomic mass is 10.0. The van der Waals surface area contributed by atoms with Crippen molar-refractivity contribution < 1.29 is 19.4 Å². The number of rotatable bonds is 3. The fourth-order valence-corrected chi connectivity index (χ4v) is 2.31. The molecule has 1 atom stereocenters. The highest BCUT2D eigenvalue weighted by Gasteiger charge is 2.37. The van der Waals surface area contributed by atoms with Crippen molar-refractivity contribution in [1.29, 1.82) is 0 Å². The lowest BCUT2D eigenvalue weighted by molar-refractivity contribution is -0.133. The fraction of sp³-hybridized carbons (Fsp3) is 0.385. The molecule has 1 aromatic rings. The summed E-state index contributed by atoms with van der Waals surface area (Å²) in [6, 6.07) is 4.48. The van der Waals surface area contributed by atoms with Crippen LogP contribution in [0.1, 0.15) is 30.1 Å². The summed E-state index contributed by atoms with van der Waals surface area (Å²) >= 11 is 3.29. The van der Waals surface area contributed by atoms with Crippen molar-refractivity contribution in [2.45, 2.75) is 25.4 Å². The van der Waals surface area contributed by atoms with Gasteiger partial charge >= 0.3 is 5.97 Å². The molecule has 1 aliphatic rings. The summed E-state index contributed by atoms with van der Waals surface area (Å²) in [7, 11) is 0. The van der Waals surface area contributed by atoms with Gasteiger partial charge in [-0.1, -0.05) is 0 Å². The van der Waals surface area contributed by atoms with Gasteiger partial charge in [-0.25, -0.2) is 4.79 Å². The van der Waals surface area contributed by atoms with Gasteiger partial charge in [-0.3, -0.25) is 4.79 Å². The summed E-state index contributed by atoms with van der Waals surface area (Å²) in [6.07, 6.45) is 1.51. The van der Waals surface area contributed by atoms with E-state index in [-0.39, 0.29) is 11.5 Å². The molecular weight excluding hydrogens is 314 g/mol. The molecule has 1 unspecified atom stereocenters. The molecule has 1 saturated heterocycles. The molecule has 6 heteroatoms. The van der Waals surface area contributed by atoms with Crippen molar-refractivity contribution in [3.8, 4) is 0 Å². The van der Waals surface area contributed by atoms with Gasteiger partial charge in [0.05, 0.1) is 11.3 Å². The number of anilines is 1. The molecule has 1 aliphatic heterocycles. The zero-order valence-corrected chi connectivity index (χ0v) is 12.0. The largest absolute Gasteiger partial charge is 0.478 e. The lowest BCUT2D eigenvalue weighted by Gasteiger charge is -2.22. The Hall–Kier alpha value is -1.40. The molecule has 0 radical (unpaired) electrons. The normalized spacial score (nSPS) is 22.2. The lowest BCUT2D eigenvalue weighted by Crippen LogP contribution is -2.39. The third-order valence-electron chi connectivity index (χ3n) is 3.16. The predicted octanol–water partition coefficient (Wildman–Crippen LogP) is 2.65. The molecule has 2 rings (SSSR count). The van der Waals surface area contributed by atoms with Crippen molar-refractivity contribution in [2.75, 3.05) is 11.9 Å². The van der Waals surface area contributed by atoms with Gasteiger partial charge < -0.3 is 15.2 Å². The summed E-state index contributed by atoms with van der Waals surface area (Å²) in [5.74, 6) is -1.29. The topological polar surface area (TPSA) is 75.6 Å². The Balaban J connectivity index is 2.20. The number of aromatic carboxylic acids is 1. The number of ether oxygens (including phenoxy) is 1. The van der Waals surface area contributed by atoms with Crippen LogP contribution < -0.4 is 5.32 Å². The monoisotopic (exact) mass is 327 g/mol. The minimum absolute atomic E-state index is 0.121. The fourth-order valence-electron chi connectivity index (χ4n) is 1.97. The number of amides is 1. The van der Waals surface area contributed by atoms with Crippen LogP contribution in [-0.4, -0.2) is 29.2 Å². The van der Waals surface area contributed by atoms with Gasteiger partial charge in [0.15, 0.2) is 0 Å². The molecule has 0 spiro atoms. The van der Waals surface area contributed by atoms with Crippen molar-refractivity contribution in [2.24, 2.45) is 0 Å². The van der Waals surface area contributed by atoms with Crippen molar-refractivity contribution in [3.05, 3.63) is 28.2 Å². The van der Waals surface area contributed by atoms with E-state index in [1.807, 2.05) is 0 Å². The number of carbonyl (C=O) groups excluding carboxylic acids is 1. The number of halogens is 1. The second kappa shape index (κ2) is 5.30. The minimum atomic E-state index is -1.04. The van der Waals surface area contributed by atoms with Crippen LogP contribution in [0.15, 0.2) is 22.7 Å². The summed E-state index contributed by atoms with van der Waals surface area (Å²) in [4.78, 5) is 23.1. The average Bonchev–Trinajstić information content (AvgIpc) is 2.80. The second-order valence-corrected chi connectivity index (χ2v) is 5.49. The summed E-state index contributed by atoms with van der Waals surface area (Å²) in [5.41, 5.74) is -0.281. The van der Waals surface area contributed by atoms with Crippen LogP contribution in [0.5, 0.6) is 0 Å². The van der Waals surface area contributed by atoms with Crippen LogP contribution >= 0.6 is 15.9 Å². The smallest absolute Gasteiger partial charge is 0.335 e. The van der Waals surface area contributed by atoms with Crippen LogP contribution in [0.25, 0.3) is 0 Å². The molecule has 1 aromatic carbocycles. The van der Waals surface area contributed by atoms with Gasteiger partial charge in [-0.05, 0) is 53.9 Å². The van der Waals surface area contributed by atoms with Gasteiger partial charge in [0.1, 0.15) is 5.60 Å². The van der Waals surface area contributed by atoms with Crippen LogP contribution in [0.2, 0.25) is 0 Å². The molecule has 2 N–H and O–H groups in total. The highest BCUT2D eigenvalue weighted by molar-refractivity contribution is 9.10. The Bertz CT molecular complexity index is 523. The molecule has 1 heterocycles. The van der Waals surface area contributed by atoms with E-state index in [9.17, 15) is 9.59 Å². The Kier molecular flexibility index (Phi) is 3.91. The first kappa shape index (κ1) is 14.0. The molecule has 0 saturated carbocycles. The third kappa shape index (κ3) is 2.96. The van der Waals surface area contributed by atoms with Crippen molar-refractivity contribution >= 4 is 33.5 Å². The van der Waals surface area contributed by atoms with Gasteiger partial charge in [-0.15, -0.1) is 0 Å². The third-order valence-corrected chi connectivity index (χ3v) is 3.85. The Labute approximate surface area is 119 Å². The zero-order chi connectivity index (χ0) is 14.0. The minimum Gasteiger partial charge on any atom is -0.478 e. The highest BCUT2D eigenvalue weighted by atomic mass is 79.9. The quantitative estimate of drug-likeness (QED) is 0.894. The molecule has 19 heavy (non-hydrogen) atoms. The first-order chi connectivity index (χ1) is 8.92. The van der Waals surface area contributed by atoms with Gasteiger partial charge in [0.2, 0.25) is 0 Å². The van der Waals surface area contributed by atoms with Crippen LogP contribution in [0, 0.1) is 0 Å². The van der Waals surface area contributed by atoms with Gasteiger partial charge in [-0.2, -0.15) is 0 Å². The van der Waals surface area contributed by atoms with E-state index in [4.69, 9.17) is 9.84 Å². The van der Waals surface area contributed by atoms with E-state index < -0.39 is 11.6 Å². The Morgan fingerprint density at radius 2 is 2.21 bits per heavy atom. The maximum atomic E-state index is 12.2.